The second kappa shape index (κ2) is 5.23. The molecule has 1 N–H and O–H groups in total. The van der Waals surface area contributed by atoms with Crippen LogP contribution in [0.5, 0.6) is 5.75 Å². The van der Waals surface area contributed by atoms with Crippen LogP contribution in [-0.4, -0.2) is 26.5 Å². The highest BCUT2D eigenvalue weighted by atomic mass is 79.9. The highest BCUT2D eigenvalue weighted by molar-refractivity contribution is 9.10. The number of halogens is 2. The summed E-state index contributed by atoms with van der Waals surface area (Å²) in [5.74, 6) is -0.787. The van der Waals surface area contributed by atoms with E-state index in [2.05, 4.69) is 21.2 Å². The van der Waals surface area contributed by atoms with Gasteiger partial charge in [0.05, 0.1) is 19.2 Å². The number of ether oxygens (including phenoxy) is 1. The van der Waals surface area contributed by atoms with Gasteiger partial charge in [-0.15, -0.1) is 0 Å². The molecule has 0 spiro atoms. The van der Waals surface area contributed by atoms with Gasteiger partial charge in [0.25, 0.3) is 0 Å². The average Bonchev–Trinajstić information content (AvgIpc) is 2.21. The molecule has 0 saturated heterocycles. The molecule has 82 valence electrons. The predicted molar refractivity (Wildman–Crippen MR) is 58.9 cm³/mol. The topological polar surface area (TPSA) is 38.3 Å². The van der Waals surface area contributed by atoms with E-state index < -0.39 is 5.82 Å². The van der Waals surface area contributed by atoms with Gasteiger partial charge in [-0.25, -0.2) is 4.39 Å². The number of hydrogen-bond donors (Lipinski definition) is 1. The number of carbonyl (C=O) groups is 1. The fourth-order valence-electron chi connectivity index (χ4n) is 1.24. The highest BCUT2D eigenvalue weighted by Crippen LogP contribution is 2.29. The molecule has 0 bridgehead atoms. The van der Waals surface area contributed by atoms with Crippen molar-refractivity contribution in [3.05, 3.63) is 28.0 Å². The van der Waals surface area contributed by atoms with Gasteiger partial charge in [0.2, 0.25) is 0 Å². The molecule has 15 heavy (non-hydrogen) atoms. The van der Waals surface area contributed by atoms with Crippen LogP contribution in [0.4, 0.5) is 4.39 Å². The van der Waals surface area contributed by atoms with E-state index in [0.29, 0.717) is 4.47 Å². The summed E-state index contributed by atoms with van der Waals surface area (Å²) in [5.41, 5.74) is 0.229. The Kier molecular flexibility index (Phi) is 4.23. The lowest BCUT2D eigenvalue weighted by Crippen LogP contribution is -2.20. The Morgan fingerprint density at radius 1 is 1.60 bits per heavy atom. The Balaban J connectivity index is 3.24. The fraction of sp³-hybridized carbons (Fsp3) is 0.300. The van der Waals surface area contributed by atoms with Crippen molar-refractivity contribution < 1.29 is 13.9 Å². The first-order chi connectivity index (χ1) is 7.11. The van der Waals surface area contributed by atoms with Crippen LogP contribution in [-0.2, 0) is 0 Å². The summed E-state index contributed by atoms with van der Waals surface area (Å²) in [6.07, 6.45) is 0. The van der Waals surface area contributed by atoms with Gasteiger partial charge in [-0.2, -0.15) is 0 Å². The zero-order valence-electron chi connectivity index (χ0n) is 8.43. The second-order valence-corrected chi connectivity index (χ2v) is 3.75. The Hall–Kier alpha value is -0.940. The van der Waals surface area contributed by atoms with Crippen LogP contribution in [0.1, 0.15) is 10.4 Å². The number of likely N-dealkylation sites (N-methyl/N-ethyl adjacent to an activating group) is 1. The lowest BCUT2D eigenvalue weighted by molar-refractivity contribution is 0.0989. The molecular formula is C10H11BrFNO2. The molecule has 3 nitrogen and oxygen atoms in total. The quantitative estimate of drug-likeness (QED) is 0.855. The van der Waals surface area contributed by atoms with Crippen LogP contribution in [0.3, 0.4) is 0 Å². The van der Waals surface area contributed by atoms with Gasteiger partial charge >= 0.3 is 0 Å². The van der Waals surface area contributed by atoms with Gasteiger partial charge in [-0.1, -0.05) is 0 Å². The maximum atomic E-state index is 13.3. The maximum Gasteiger partial charge on any atom is 0.181 e. The van der Waals surface area contributed by atoms with Crippen LogP contribution >= 0.6 is 15.9 Å². The highest BCUT2D eigenvalue weighted by Gasteiger charge is 2.18. The number of methoxy groups -OCH3 is 1. The molecule has 5 heteroatoms. The number of rotatable bonds is 4. The number of hydrogen-bond acceptors (Lipinski definition) is 3. The number of nitrogens with one attached hydrogen (secondary N) is 1. The maximum absolute atomic E-state index is 13.3. The van der Waals surface area contributed by atoms with Crippen molar-refractivity contribution in [3.63, 3.8) is 0 Å². The van der Waals surface area contributed by atoms with Gasteiger partial charge in [-0.05, 0) is 35.1 Å². The van der Waals surface area contributed by atoms with E-state index >= 15 is 0 Å². The summed E-state index contributed by atoms with van der Waals surface area (Å²) in [7, 11) is 2.98. The van der Waals surface area contributed by atoms with Crippen LogP contribution in [0, 0.1) is 5.82 Å². The van der Waals surface area contributed by atoms with E-state index in [4.69, 9.17) is 4.74 Å². The Bertz CT molecular complexity index is 382. The normalized spacial score (nSPS) is 10.1. The van der Waals surface area contributed by atoms with Crippen LogP contribution < -0.4 is 10.1 Å². The minimum Gasteiger partial charge on any atom is -0.493 e. The summed E-state index contributed by atoms with van der Waals surface area (Å²) in [6, 6.07) is 2.74. The molecule has 1 aromatic rings. The summed E-state index contributed by atoms with van der Waals surface area (Å²) < 4.78 is 18.7. The lowest BCUT2D eigenvalue weighted by Gasteiger charge is -2.10. The molecular weight excluding hydrogens is 265 g/mol. The summed E-state index contributed by atoms with van der Waals surface area (Å²) in [4.78, 5) is 11.7. The van der Waals surface area contributed by atoms with Crippen molar-refractivity contribution in [2.45, 2.75) is 0 Å². The van der Waals surface area contributed by atoms with Crippen molar-refractivity contribution in [1.29, 1.82) is 0 Å². The van der Waals surface area contributed by atoms with Crippen molar-refractivity contribution in [2.24, 2.45) is 0 Å². The average molecular weight is 276 g/mol. The molecule has 0 unspecified atom stereocenters. The van der Waals surface area contributed by atoms with Gasteiger partial charge < -0.3 is 10.1 Å². The van der Waals surface area contributed by atoms with Gasteiger partial charge in [-0.3, -0.25) is 4.79 Å². The molecule has 0 heterocycles. The molecule has 0 aliphatic heterocycles. The third kappa shape index (κ3) is 2.54. The zero-order valence-corrected chi connectivity index (χ0v) is 10.0. The third-order valence-corrected chi connectivity index (χ3v) is 2.54. The monoisotopic (exact) mass is 275 g/mol. The molecule has 1 aromatic carbocycles. The van der Waals surface area contributed by atoms with Crippen molar-refractivity contribution in [2.75, 3.05) is 20.7 Å². The first kappa shape index (κ1) is 12.1. The summed E-state index contributed by atoms with van der Waals surface area (Å²) in [5, 5.41) is 2.72. The fourth-order valence-corrected chi connectivity index (χ4v) is 1.77. The van der Waals surface area contributed by atoms with Crippen molar-refractivity contribution in [3.8, 4) is 5.75 Å². The second-order valence-electron chi connectivity index (χ2n) is 2.89. The molecule has 0 fully saturated rings. The zero-order chi connectivity index (χ0) is 11.4. The lowest BCUT2D eigenvalue weighted by atomic mass is 10.1. The molecule has 0 aliphatic carbocycles. The molecule has 1 rings (SSSR count). The Labute approximate surface area is 95.7 Å². The third-order valence-electron chi connectivity index (χ3n) is 1.88. The minimum absolute atomic E-state index is 0.0235. The SMILES string of the molecule is CNCC(=O)c1c(Br)ccc(F)c1OC. The van der Waals surface area contributed by atoms with Crippen molar-refractivity contribution >= 4 is 21.7 Å². The van der Waals surface area contributed by atoms with E-state index in [9.17, 15) is 9.18 Å². The van der Waals surface area contributed by atoms with Crippen LogP contribution in [0.25, 0.3) is 0 Å². The van der Waals surface area contributed by atoms with E-state index in [-0.39, 0.29) is 23.6 Å². The van der Waals surface area contributed by atoms with Crippen LogP contribution in [0.2, 0.25) is 0 Å². The van der Waals surface area contributed by atoms with E-state index in [1.54, 1.807) is 7.05 Å². The summed E-state index contributed by atoms with van der Waals surface area (Å²) in [6.45, 7) is 0.137. The van der Waals surface area contributed by atoms with E-state index in [0.717, 1.165) is 0 Å². The first-order valence-corrected chi connectivity index (χ1v) is 5.11. The molecule has 0 radical (unpaired) electrons. The van der Waals surface area contributed by atoms with Crippen LogP contribution in [0.15, 0.2) is 16.6 Å². The minimum atomic E-state index is -0.542. The molecule has 0 aromatic heterocycles. The smallest absolute Gasteiger partial charge is 0.181 e. The van der Waals surface area contributed by atoms with Crippen molar-refractivity contribution in [1.82, 2.24) is 5.32 Å². The van der Waals surface area contributed by atoms with E-state index in [1.807, 2.05) is 0 Å². The van der Waals surface area contributed by atoms with E-state index in [1.165, 1.54) is 19.2 Å². The van der Waals surface area contributed by atoms with Gasteiger partial charge in [0.15, 0.2) is 17.3 Å². The number of carbonyl (C=O) groups excluding carboxylic acids is 1. The predicted octanol–water partition coefficient (Wildman–Crippen LogP) is 2.00. The molecule has 0 aliphatic rings. The standard InChI is InChI=1S/C10H11BrFNO2/c1-13-5-8(14)9-6(11)3-4-7(12)10(9)15-2/h3-4,13H,5H2,1-2H3. The number of ketones is 1. The van der Waals surface area contributed by atoms with Gasteiger partial charge in [0, 0.05) is 4.47 Å². The summed E-state index contributed by atoms with van der Waals surface area (Å²) >= 11 is 3.20. The molecule has 0 amide bonds. The van der Waals surface area contributed by atoms with Gasteiger partial charge in [0.1, 0.15) is 0 Å². The molecule has 0 atom stereocenters. The Morgan fingerprint density at radius 2 is 2.27 bits per heavy atom. The Morgan fingerprint density at radius 3 is 2.80 bits per heavy atom. The first-order valence-electron chi connectivity index (χ1n) is 4.31. The molecule has 0 saturated carbocycles. The number of Topliss-reactive ketones (excluding diaryl/α,β-unsaturated/α-hetero) is 1. The largest absolute Gasteiger partial charge is 0.493 e. The number of benzene rings is 1.